The van der Waals surface area contributed by atoms with Gasteiger partial charge in [0.05, 0.1) is 142 Å². The molecule has 0 aliphatic carbocycles. The van der Waals surface area contributed by atoms with Crippen molar-refractivity contribution in [2.45, 2.75) is 83.6 Å². The van der Waals surface area contributed by atoms with E-state index in [4.69, 9.17) is 52.1 Å². The Balaban J connectivity index is 0.972. The third-order valence-electron chi connectivity index (χ3n) is 10.0. The highest BCUT2D eigenvalue weighted by molar-refractivity contribution is 6.26. The number of imide groups is 2. The van der Waals surface area contributed by atoms with Crippen LogP contribution in [0.25, 0.3) is 0 Å². The van der Waals surface area contributed by atoms with Gasteiger partial charge >= 0.3 is 5.97 Å². The molecule has 20 nitrogen and oxygen atoms in total. The summed E-state index contributed by atoms with van der Waals surface area (Å²) in [6, 6.07) is 3.52. The number of piperidine rings is 1. The van der Waals surface area contributed by atoms with Gasteiger partial charge in [-0.15, -0.1) is 0 Å². The lowest BCUT2D eigenvalue weighted by molar-refractivity contribution is -0.145. The van der Waals surface area contributed by atoms with E-state index >= 15 is 0 Å². The van der Waals surface area contributed by atoms with E-state index in [1.165, 1.54) is 6.07 Å². The van der Waals surface area contributed by atoms with Gasteiger partial charge in [-0.1, -0.05) is 38.7 Å². The van der Waals surface area contributed by atoms with Crippen molar-refractivity contribution < 1.29 is 80.9 Å². The van der Waals surface area contributed by atoms with Crippen LogP contribution in [-0.4, -0.2) is 185 Å². The van der Waals surface area contributed by atoms with Gasteiger partial charge in [-0.25, -0.2) is 0 Å². The number of hydrogen-bond acceptors (Lipinski definition) is 17. The number of amides is 5. The standard InChI is InChI=1S/C46H73N3O17/c1-2-3-4-7-13-42(52)66-36-35-65-34-33-64-32-31-63-30-29-62-28-27-61-26-25-60-24-23-59-22-21-58-20-19-57-18-17-56-16-8-5-6-12-40(50)47-38-11-9-10-37-43(38)46(55)49(45(37)54)39-14-15-41(51)48-44(39)53/h9-11,39H,2-8,12-36H2,1H3,(H,47,50)(H,48,51,53). The molecule has 2 aliphatic heterocycles. The molecular weight excluding hydrogens is 867 g/mol. The van der Waals surface area contributed by atoms with Crippen molar-refractivity contribution in [1.82, 2.24) is 10.2 Å². The van der Waals surface area contributed by atoms with Crippen LogP contribution in [-0.2, 0) is 71.3 Å². The summed E-state index contributed by atoms with van der Waals surface area (Å²) in [5, 5.41) is 4.91. The zero-order valence-electron chi connectivity index (χ0n) is 38.8. The number of anilines is 1. The van der Waals surface area contributed by atoms with E-state index < -0.39 is 29.7 Å². The molecule has 0 aromatic heterocycles. The van der Waals surface area contributed by atoms with Crippen LogP contribution in [0.5, 0.6) is 0 Å². The number of carbonyl (C=O) groups excluding carboxylic acids is 6. The first-order valence-corrected chi connectivity index (χ1v) is 23.4. The Bertz CT molecular complexity index is 1550. The molecule has 20 heteroatoms. The van der Waals surface area contributed by atoms with Gasteiger partial charge < -0.3 is 57.4 Å². The highest BCUT2D eigenvalue weighted by atomic mass is 16.6. The van der Waals surface area contributed by atoms with E-state index in [9.17, 15) is 28.8 Å². The van der Waals surface area contributed by atoms with Crippen molar-refractivity contribution in [2.75, 3.05) is 144 Å². The number of fused-ring (bicyclic) bond motifs is 1. The van der Waals surface area contributed by atoms with Gasteiger partial charge in [0.15, 0.2) is 0 Å². The zero-order valence-corrected chi connectivity index (χ0v) is 38.8. The second-order valence-electron chi connectivity index (χ2n) is 15.2. The van der Waals surface area contributed by atoms with Crippen LogP contribution >= 0.6 is 0 Å². The van der Waals surface area contributed by atoms with Gasteiger partial charge in [-0.3, -0.25) is 39.0 Å². The third kappa shape index (κ3) is 24.7. The molecule has 0 bridgehead atoms. The molecule has 3 rings (SSSR count). The average Bonchev–Trinajstić information content (AvgIpc) is 3.56. The minimum Gasteiger partial charge on any atom is -0.463 e. The van der Waals surface area contributed by atoms with E-state index in [0.29, 0.717) is 145 Å². The summed E-state index contributed by atoms with van der Waals surface area (Å²) < 4.78 is 60.1. The second kappa shape index (κ2) is 37.1. The Kier molecular flexibility index (Phi) is 31.7. The number of unbranched alkanes of at least 4 members (excludes halogenated alkanes) is 5. The Morgan fingerprint density at radius 2 is 1.02 bits per heavy atom. The van der Waals surface area contributed by atoms with Crippen LogP contribution in [0.2, 0.25) is 0 Å². The second-order valence-corrected chi connectivity index (χ2v) is 15.2. The predicted molar refractivity (Wildman–Crippen MR) is 238 cm³/mol. The average molecular weight is 940 g/mol. The minimum atomic E-state index is -1.08. The van der Waals surface area contributed by atoms with Crippen molar-refractivity contribution in [1.29, 1.82) is 0 Å². The number of rotatable bonds is 43. The summed E-state index contributed by atoms with van der Waals surface area (Å²) in [6.45, 7) is 11.5. The molecule has 1 aromatic carbocycles. The van der Waals surface area contributed by atoms with Crippen LogP contribution < -0.4 is 10.6 Å². The molecule has 0 spiro atoms. The van der Waals surface area contributed by atoms with Crippen LogP contribution in [0.4, 0.5) is 5.69 Å². The third-order valence-corrected chi connectivity index (χ3v) is 10.0. The summed E-state index contributed by atoms with van der Waals surface area (Å²) in [5.74, 6) is -2.89. The Morgan fingerprint density at radius 3 is 1.50 bits per heavy atom. The number of carbonyl (C=O) groups is 6. The summed E-state index contributed by atoms with van der Waals surface area (Å²) in [6.07, 6.45) is 7.12. The van der Waals surface area contributed by atoms with Crippen LogP contribution in [0.3, 0.4) is 0 Å². The number of esters is 1. The molecule has 1 saturated heterocycles. The Morgan fingerprint density at radius 1 is 0.561 bits per heavy atom. The smallest absolute Gasteiger partial charge is 0.305 e. The van der Waals surface area contributed by atoms with E-state index in [0.717, 1.165) is 43.4 Å². The first-order valence-electron chi connectivity index (χ1n) is 23.4. The molecule has 5 amide bonds. The molecule has 374 valence electrons. The van der Waals surface area contributed by atoms with Gasteiger partial charge in [0, 0.05) is 25.9 Å². The summed E-state index contributed by atoms with van der Waals surface area (Å²) >= 11 is 0. The van der Waals surface area contributed by atoms with Crippen molar-refractivity contribution in [2.24, 2.45) is 0 Å². The van der Waals surface area contributed by atoms with E-state index in [-0.39, 0.29) is 54.6 Å². The van der Waals surface area contributed by atoms with Gasteiger partial charge in [0.2, 0.25) is 17.7 Å². The van der Waals surface area contributed by atoms with Crippen LogP contribution in [0.1, 0.15) is 98.3 Å². The number of hydrogen-bond donors (Lipinski definition) is 2. The molecule has 1 unspecified atom stereocenters. The molecule has 0 radical (unpaired) electrons. The first kappa shape index (κ1) is 56.4. The lowest BCUT2D eigenvalue weighted by Crippen LogP contribution is -2.54. The number of nitrogens with zero attached hydrogens (tertiary/aromatic N) is 1. The van der Waals surface area contributed by atoms with Gasteiger partial charge in [0.25, 0.3) is 11.8 Å². The number of nitrogens with one attached hydrogen (secondary N) is 2. The maximum absolute atomic E-state index is 13.2. The maximum Gasteiger partial charge on any atom is 0.305 e. The van der Waals surface area contributed by atoms with Crippen molar-refractivity contribution >= 4 is 41.2 Å². The normalized spacial score (nSPS) is 14.8. The van der Waals surface area contributed by atoms with Gasteiger partial charge in [-0.2, -0.15) is 0 Å². The largest absolute Gasteiger partial charge is 0.463 e. The van der Waals surface area contributed by atoms with E-state index in [1.807, 2.05) is 0 Å². The molecule has 2 N–H and O–H groups in total. The maximum atomic E-state index is 13.2. The predicted octanol–water partition coefficient (Wildman–Crippen LogP) is 3.27. The molecule has 2 aliphatic rings. The molecule has 1 fully saturated rings. The summed E-state index contributed by atoms with van der Waals surface area (Å²) in [7, 11) is 0. The highest BCUT2D eigenvalue weighted by Crippen LogP contribution is 2.32. The topological polar surface area (TPSA) is 231 Å². The lowest BCUT2D eigenvalue weighted by Gasteiger charge is -2.27. The Labute approximate surface area is 388 Å². The monoisotopic (exact) mass is 939 g/mol. The molecule has 0 saturated carbocycles. The van der Waals surface area contributed by atoms with E-state index in [1.54, 1.807) is 12.1 Å². The fourth-order valence-corrected chi connectivity index (χ4v) is 6.56. The number of ether oxygens (including phenoxy) is 11. The molecule has 66 heavy (non-hydrogen) atoms. The fourth-order valence-electron chi connectivity index (χ4n) is 6.56. The number of benzene rings is 1. The quantitative estimate of drug-likeness (QED) is 0.0544. The van der Waals surface area contributed by atoms with Gasteiger partial charge in [-0.05, 0) is 37.8 Å². The van der Waals surface area contributed by atoms with Crippen molar-refractivity contribution in [3.8, 4) is 0 Å². The van der Waals surface area contributed by atoms with Crippen LogP contribution in [0.15, 0.2) is 18.2 Å². The Hall–Kier alpha value is -3.96. The lowest BCUT2D eigenvalue weighted by atomic mass is 10.0. The highest BCUT2D eigenvalue weighted by Gasteiger charge is 2.45. The van der Waals surface area contributed by atoms with E-state index in [2.05, 4.69) is 17.6 Å². The minimum absolute atomic E-state index is 0.0253. The molecule has 1 atom stereocenters. The summed E-state index contributed by atoms with van der Waals surface area (Å²) in [4.78, 5) is 75.2. The van der Waals surface area contributed by atoms with Gasteiger partial charge in [0.1, 0.15) is 12.6 Å². The zero-order chi connectivity index (χ0) is 47.3. The molecule has 2 heterocycles. The SMILES string of the molecule is CCCCCCC(=O)OCCOCCOCCOCCOCCOCCOCCOCCOCCOCCOCCCCCC(=O)Nc1cccc2c1C(=O)N(C1CCC(=O)NC1=O)C2=O. The summed E-state index contributed by atoms with van der Waals surface area (Å²) in [5.41, 5.74) is 0.373. The van der Waals surface area contributed by atoms with Crippen molar-refractivity contribution in [3.63, 3.8) is 0 Å². The molecular formula is C46H73N3O17. The fraction of sp³-hybridized carbons (Fsp3) is 0.739. The first-order chi connectivity index (χ1) is 32.3. The van der Waals surface area contributed by atoms with Crippen LogP contribution in [0, 0.1) is 0 Å². The van der Waals surface area contributed by atoms with Crippen molar-refractivity contribution in [3.05, 3.63) is 29.3 Å². The molecule has 1 aromatic rings.